The van der Waals surface area contributed by atoms with E-state index >= 15 is 0 Å². The Bertz CT molecular complexity index is 696. The Labute approximate surface area is 137 Å². The number of hydrogen-bond acceptors (Lipinski definition) is 3. The lowest BCUT2D eigenvalue weighted by Gasteiger charge is -2.37. The summed E-state index contributed by atoms with van der Waals surface area (Å²) >= 11 is 0. The Kier molecular flexibility index (Phi) is 4.55. The first kappa shape index (κ1) is 16.5. The van der Waals surface area contributed by atoms with E-state index in [-0.39, 0.29) is 18.3 Å². The molecular weight excluding hydrogens is 321 g/mol. The van der Waals surface area contributed by atoms with Crippen LogP contribution >= 0.6 is 0 Å². The molecule has 1 fully saturated rings. The van der Waals surface area contributed by atoms with E-state index in [0.29, 0.717) is 5.82 Å². The fourth-order valence-electron chi connectivity index (χ4n) is 2.62. The molecule has 2 aromatic heterocycles. The molecule has 1 aliphatic carbocycles. The number of carbonyl (C=O) groups excluding carboxylic acids is 1. The van der Waals surface area contributed by atoms with E-state index in [0.717, 1.165) is 19.3 Å². The van der Waals surface area contributed by atoms with Gasteiger partial charge in [-0.25, -0.2) is 9.97 Å². The normalized spacial score (nSPS) is 15.1. The quantitative estimate of drug-likeness (QED) is 0.841. The van der Waals surface area contributed by atoms with Gasteiger partial charge in [0, 0.05) is 25.0 Å². The van der Waals surface area contributed by atoms with Crippen LogP contribution in [0.3, 0.4) is 0 Å². The topological polar surface area (TPSA) is 51.0 Å². The van der Waals surface area contributed by atoms with Gasteiger partial charge in [0.05, 0.1) is 6.42 Å². The minimum atomic E-state index is -4.28. The van der Waals surface area contributed by atoms with E-state index in [9.17, 15) is 18.0 Å². The van der Waals surface area contributed by atoms with E-state index in [4.69, 9.17) is 0 Å². The number of amides is 1. The second kappa shape index (κ2) is 6.62. The number of aromatic nitrogens is 3. The third-order valence-corrected chi connectivity index (χ3v) is 4.13. The molecule has 3 rings (SSSR count). The maximum atomic E-state index is 12.7. The summed E-state index contributed by atoms with van der Waals surface area (Å²) in [6.07, 6.45) is 1.94. The molecule has 0 saturated heterocycles. The number of halogens is 3. The number of pyridine rings is 1. The maximum Gasteiger partial charge on any atom is 0.390 e. The largest absolute Gasteiger partial charge is 0.390 e. The van der Waals surface area contributed by atoms with Crippen LogP contribution in [0.1, 0.15) is 36.2 Å². The summed E-state index contributed by atoms with van der Waals surface area (Å²) in [4.78, 5) is 22.2. The molecule has 0 spiro atoms. The molecule has 8 heteroatoms. The Morgan fingerprint density at radius 2 is 2.12 bits per heavy atom. The van der Waals surface area contributed by atoms with Crippen molar-refractivity contribution >= 4 is 5.91 Å². The van der Waals surface area contributed by atoms with E-state index in [2.05, 4.69) is 9.97 Å². The second-order valence-corrected chi connectivity index (χ2v) is 5.80. The number of rotatable bonds is 5. The van der Waals surface area contributed by atoms with E-state index in [1.165, 1.54) is 11.0 Å². The van der Waals surface area contributed by atoms with Crippen LogP contribution in [0, 0.1) is 0 Å². The van der Waals surface area contributed by atoms with E-state index < -0.39 is 18.5 Å². The lowest BCUT2D eigenvalue weighted by molar-refractivity contribution is -0.138. The Morgan fingerprint density at radius 3 is 2.71 bits per heavy atom. The van der Waals surface area contributed by atoms with Crippen molar-refractivity contribution in [2.45, 2.75) is 37.9 Å². The highest BCUT2D eigenvalue weighted by molar-refractivity contribution is 5.92. The van der Waals surface area contributed by atoms with Crippen molar-refractivity contribution in [3.8, 4) is 5.82 Å². The van der Waals surface area contributed by atoms with Gasteiger partial charge in [0.1, 0.15) is 17.8 Å². The van der Waals surface area contributed by atoms with Crippen molar-refractivity contribution < 1.29 is 18.0 Å². The molecule has 2 aromatic rings. The summed E-state index contributed by atoms with van der Waals surface area (Å²) in [7, 11) is 0. The van der Waals surface area contributed by atoms with Crippen molar-refractivity contribution in [3.05, 3.63) is 42.6 Å². The number of alkyl halides is 3. The minimum absolute atomic E-state index is 0.126. The molecule has 0 aromatic carbocycles. The molecule has 0 unspecified atom stereocenters. The highest BCUT2D eigenvalue weighted by Crippen LogP contribution is 2.28. The second-order valence-electron chi connectivity index (χ2n) is 5.80. The molecule has 1 aliphatic rings. The zero-order valence-corrected chi connectivity index (χ0v) is 12.9. The Balaban J connectivity index is 1.80. The molecular formula is C16H17F3N4O. The fraction of sp³-hybridized carbons (Fsp3) is 0.438. The van der Waals surface area contributed by atoms with Crippen molar-refractivity contribution in [1.82, 2.24) is 19.4 Å². The van der Waals surface area contributed by atoms with Gasteiger partial charge in [-0.15, -0.1) is 0 Å². The van der Waals surface area contributed by atoms with Gasteiger partial charge in [-0.3, -0.25) is 9.36 Å². The van der Waals surface area contributed by atoms with Gasteiger partial charge in [-0.1, -0.05) is 6.07 Å². The van der Waals surface area contributed by atoms with Crippen LogP contribution < -0.4 is 0 Å². The summed E-state index contributed by atoms with van der Waals surface area (Å²) in [6, 6.07) is 4.78. The summed E-state index contributed by atoms with van der Waals surface area (Å²) in [6.45, 7) is -0.329. The number of nitrogens with zero attached hydrogens (tertiary/aromatic N) is 4. The lowest BCUT2D eigenvalue weighted by atomic mass is 9.91. The fourth-order valence-corrected chi connectivity index (χ4v) is 2.62. The molecule has 0 radical (unpaired) electrons. The molecule has 1 saturated carbocycles. The monoisotopic (exact) mass is 338 g/mol. The average Bonchev–Trinajstić information content (AvgIpc) is 3.02. The number of carbonyl (C=O) groups is 1. The van der Waals surface area contributed by atoms with E-state index in [1.54, 1.807) is 35.4 Å². The van der Waals surface area contributed by atoms with Crippen molar-refractivity contribution in [3.63, 3.8) is 0 Å². The van der Waals surface area contributed by atoms with Crippen LogP contribution in [0.4, 0.5) is 13.2 Å². The predicted molar refractivity (Wildman–Crippen MR) is 80.7 cm³/mol. The molecule has 0 N–H and O–H groups in total. The van der Waals surface area contributed by atoms with Gasteiger partial charge >= 0.3 is 6.18 Å². The van der Waals surface area contributed by atoms with Crippen molar-refractivity contribution in [2.75, 3.05) is 6.54 Å². The van der Waals surface area contributed by atoms with Crippen LogP contribution in [0.15, 0.2) is 36.9 Å². The summed E-state index contributed by atoms with van der Waals surface area (Å²) in [5.41, 5.74) is 0.148. The van der Waals surface area contributed by atoms with Gasteiger partial charge in [-0.2, -0.15) is 13.2 Å². The van der Waals surface area contributed by atoms with Crippen LogP contribution in [0.5, 0.6) is 0 Å². The standard InChI is InChI=1S/C16H17F3N4O/c17-16(18,19)7-9-23(12-3-1-4-12)15(24)13-5-2-6-14(21-13)22-10-8-20-11-22/h2,5-6,8,10-12H,1,3-4,7,9H2. The van der Waals surface area contributed by atoms with Crippen molar-refractivity contribution in [1.29, 1.82) is 0 Å². The first-order chi connectivity index (χ1) is 11.4. The maximum absolute atomic E-state index is 12.7. The number of hydrogen-bond donors (Lipinski definition) is 0. The zero-order valence-electron chi connectivity index (χ0n) is 12.9. The zero-order chi connectivity index (χ0) is 17.2. The molecule has 0 bridgehead atoms. The van der Waals surface area contributed by atoms with Gasteiger partial charge in [-0.05, 0) is 31.4 Å². The first-order valence-corrected chi connectivity index (χ1v) is 7.77. The summed E-state index contributed by atoms with van der Waals surface area (Å²) < 4.78 is 39.3. The average molecular weight is 338 g/mol. The van der Waals surface area contributed by atoms with Crippen LogP contribution in [0.25, 0.3) is 5.82 Å². The van der Waals surface area contributed by atoms with Gasteiger partial charge in [0.2, 0.25) is 0 Å². The van der Waals surface area contributed by atoms with Gasteiger partial charge < -0.3 is 4.90 Å². The number of imidazole rings is 1. The van der Waals surface area contributed by atoms with Crippen molar-refractivity contribution in [2.24, 2.45) is 0 Å². The smallest absolute Gasteiger partial charge is 0.334 e. The van der Waals surface area contributed by atoms with E-state index in [1.807, 2.05) is 0 Å². The molecule has 1 amide bonds. The first-order valence-electron chi connectivity index (χ1n) is 7.77. The Morgan fingerprint density at radius 1 is 1.33 bits per heavy atom. The molecule has 5 nitrogen and oxygen atoms in total. The summed E-state index contributed by atoms with van der Waals surface area (Å²) in [5, 5.41) is 0. The van der Waals surface area contributed by atoms with Crippen LogP contribution in [-0.4, -0.2) is 44.1 Å². The SMILES string of the molecule is O=C(c1cccc(-n2ccnc2)n1)N(CCC(F)(F)F)C1CCC1. The highest BCUT2D eigenvalue weighted by Gasteiger charge is 2.34. The molecule has 0 atom stereocenters. The predicted octanol–water partition coefficient (Wildman–Crippen LogP) is 3.21. The Hall–Kier alpha value is -2.38. The third-order valence-electron chi connectivity index (χ3n) is 4.13. The van der Waals surface area contributed by atoms with Crippen LogP contribution in [0.2, 0.25) is 0 Å². The summed E-state index contributed by atoms with van der Waals surface area (Å²) in [5.74, 6) is 0.0497. The molecule has 128 valence electrons. The third kappa shape index (κ3) is 3.74. The highest BCUT2D eigenvalue weighted by atomic mass is 19.4. The molecule has 24 heavy (non-hydrogen) atoms. The van der Waals surface area contributed by atoms with Gasteiger partial charge in [0.25, 0.3) is 5.91 Å². The minimum Gasteiger partial charge on any atom is -0.334 e. The van der Waals surface area contributed by atoms with Gasteiger partial charge in [0.15, 0.2) is 0 Å². The van der Waals surface area contributed by atoms with Crippen LogP contribution in [-0.2, 0) is 0 Å². The lowest BCUT2D eigenvalue weighted by Crippen LogP contribution is -2.46. The molecule has 2 heterocycles. The molecule has 0 aliphatic heterocycles.